The smallest absolute Gasteiger partial charge is 0.0541 e. The van der Waals surface area contributed by atoms with Crippen LogP contribution in [0.15, 0.2) is 182 Å². The number of nitrogens with zero attached hydrogens (tertiary/aromatic N) is 2. The maximum atomic E-state index is 2.51. The predicted molar refractivity (Wildman–Crippen MR) is 236 cm³/mol. The monoisotopic (exact) mass is 718 g/mol. The van der Waals surface area contributed by atoms with E-state index in [1.807, 2.05) is 0 Å². The van der Waals surface area contributed by atoms with E-state index in [1.54, 1.807) is 0 Å². The van der Waals surface area contributed by atoms with E-state index >= 15 is 0 Å². The Kier molecular flexibility index (Phi) is 6.98. The van der Waals surface area contributed by atoms with Crippen LogP contribution in [0.2, 0.25) is 0 Å². The number of anilines is 3. The molecule has 268 valence electrons. The summed E-state index contributed by atoms with van der Waals surface area (Å²) >= 11 is 0. The van der Waals surface area contributed by atoms with Crippen LogP contribution in [0.4, 0.5) is 17.1 Å². The van der Waals surface area contributed by atoms with Crippen molar-refractivity contribution in [3.05, 3.63) is 204 Å². The van der Waals surface area contributed by atoms with Gasteiger partial charge in [0.25, 0.3) is 0 Å². The molecule has 11 rings (SSSR count). The molecule has 9 aromatic rings. The molecule has 56 heavy (non-hydrogen) atoms. The normalized spacial score (nSPS) is 14.4. The van der Waals surface area contributed by atoms with Crippen LogP contribution < -0.4 is 4.90 Å². The molecule has 0 fully saturated rings. The summed E-state index contributed by atoms with van der Waals surface area (Å²) in [5.74, 6) is 0. The van der Waals surface area contributed by atoms with Gasteiger partial charge in [-0.25, -0.2) is 0 Å². The van der Waals surface area contributed by atoms with Gasteiger partial charge in [-0.15, -0.1) is 0 Å². The summed E-state index contributed by atoms with van der Waals surface area (Å²) in [5.41, 5.74) is 20.0. The second-order valence-corrected chi connectivity index (χ2v) is 16.6. The van der Waals surface area contributed by atoms with E-state index in [-0.39, 0.29) is 10.8 Å². The molecule has 2 aliphatic carbocycles. The standard InChI is InChI=1S/C54H42N2/c1-53(2)46-22-12-8-19-40(46)42-29-27-37(33-48(42)53)55(38-28-30-43-41-20-9-13-23-47(41)54(3,4)49(43)34-38)50-24-14-10-18-39(50)35-26-31-52-45(32-35)44-21-11-15-25-51(44)56(52)36-16-6-5-7-17-36/h5-34H,1-4H3. The molecule has 0 unspecified atom stereocenters. The number of aromatic nitrogens is 1. The number of para-hydroxylation sites is 3. The average Bonchev–Trinajstić information content (AvgIpc) is 3.78. The van der Waals surface area contributed by atoms with Gasteiger partial charge in [0, 0.05) is 44.2 Å². The van der Waals surface area contributed by atoms with E-state index < -0.39 is 0 Å². The first-order valence-electron chi connectivity index (χ1n) is 19.8. The van der Waals surface area contributed by atoms with Gasteiger partial charge in [-0.1, -0.05) is 149 Å². The summed E-state index contributed by atoms with van der Waals surface area (Å²) in [6.07, 6.45) is 0. The van der Waals surface area contributed by atoms with Crippen LogP contribution in [0.3, 0.4) is 0 Å². The SMILES string of the molecule is CC1(C)c2ccccc2-c2ccc(N(c3ccc4c(c3)C(C)(C)c3ccccc3-4)c3ccccc3-c3ccc4c(c3)c3ccccc3n4-c3ccccc3)cc21. The maximum absolute atomic E-state index is 2.51. The van der Waals surface area contributed by atoms with Gasteiger partial charge in [-0.3, -0.25) is 0 Å². The second kappa shape index (κ2) is 11.9. The second-order valence-electron chi connectivity index (χ2n) is 16.6. The third-order valence-electron chi connectivity index (χ3n) is 12.8. The summed E-state index contributed by atoms with van der Waals surface area (Å²) in [4.78, 5) is 2.51. The van der Waals surface area contributed by atoms with Crippen LogP contribution in [0.1, 0.15) is 49.9 Å². The van der Waals surface area contributed by atoms with E-state index in [4.69, 9.17) is 0 Å². The molecule has 0 amide bonds. The van der Waals surface area contributed by atoms with Gasteiger partial charge >= 0.3 is 0 Å². The molecular weight excluding hydrogens is 677 g/mol. The summed E-state index contributed by atoms with van der Waals surface area (Å²) < 4.78 is 2.39. The van der Waals surface area contributed by atoms with Gasteiger partial charge < -0.3 is 9.47 Å². The molecule has 0 spiro atoms. The van der Waals surface area contributed by atoms with Crippen molar-refractivity contribution < 1.29 is 0 Å². The van der Waals surface area contributed by atoms with Crippen molar-refractivity contribution in [3.63, 3.8) is 0 Å². The van der Waals surface area contributed by atoms with Gasteiger partial charge in [0.1, 0.15) is 0 Å². The quantitative estimate of drug-likeness (QED) is 0.172. The molecule has 1 heterocycles. The van der Waals surface area contributed by atoms with Gasteiger partial charge in [0.2, 0.25) is 0 Å². The fraction of sp³-hybridized carbons (Fsp3) is 0.111. The lowest BCUT2D eigenvalue weighted by Crippen LogP contribution is -2.18. The molecule has 1 aromatic heterocycles. The molecule has 0 radical (unpaired) electrons. The minimum Gasteiger partial charge on any atom is -0.310 e. The zero-order valence-electron chi connectivity index (χ0n) is 32.2. The van der Waals surface area contributed by atoms with Crippen molar-refractivity contribution in [2.45, 2.75) is 38.5 Å². The summed E-state index contributed by atoms with van der Waals surface area (Å²) in [6.45, 7) is 9.48. The van der Waals surface area contributed by atoms with Gasteiger partial charge in [-0.2, -0.15) is 0 Å². The molecule has 0 bridgehead atoms. The zero-order chi connectivity index (χ0) is 37.8. The Morgan fingerprint density at radius 2 is 0.875 bits per heavy atom. The van der Waals surface area contributed by atoms with Crippen molar-refractivity contribution in [1.29, 1.82) is 0 Å². The first-order chi connectivity index (χ1) is 27.3. The lowest BCUT2D eigenvalue weighted by Gasteiger charge is -2.31. The highest BCUT2D eigenvalue weighted by molar-refractivity contribution is 6.11. The number of benzene rings is 8. The molecule has 0 saturated heterocycles. The Labute approximate surface area is 328 Å². The van der Waals surface area contributed by atoms with Crippen molar-refractivity contribution >= 4 is 38.9 Å². The topological polar surface area (TPSA) is 8.17 Å². The van der Waals surface area contributed by atoms with Crippen molar-refractivity contribution in [1.82, 2.24) is 4.57 Å². The van der Waals surface area contributed by atoms with Gasteiger partial charge in [-0.05, 0) is 111 Å². The third kappa shape index (κ3) is 4.62. The molecule has 0 atom stereocenters. The Hall–Kier alpha value is -6.64. The van der Waals surface area contributed by atoms with E-state index in [1.165, 1.54) is 83.1 Å². The highest BCUT2D eigenvalue weighted by atomic mass is 15.1. The highest BCUT2D eigenvalue weighted by Crippen LogP contribution is 2.54. The Bertz CT molecular complexity index is 2930. The number of hydrogen-bond acceptors (Lipinski definition) is 1. The van der Waals surface area contributed by atoms with Gasteiger partial charge in [0.15, 0.2) is 0 Å². The summed E-state index contributed by atoms with van der Waals surface area (Å²) in [6, 6.07) is 67.6. The first-order valence-corrected chi connectivity index (χ1v) is 19.8. The molecule has 2 aliphatic rings. The van der Waals surface area contributed by atoms with Crippen molar-refractivity contribution in [3.8, 4) is 39.1 Å². The molecule has 0 N–H and O–H groups in total. The lowest BCUT2D eigenvalue weighted by atomic mass is 9.82. The van der Waals surface area contributed by atoms with Crippen LogP contribution in [0.25, 0.3) is 60.9 Å². The minimum absolute atomic E-state index is 0.118. The largest absolute Gasteiger partial charge is 0.310 e. The fourth-order valence-corrected chi connectivity index (χ4v) is 10.00. The number of hydrogen-bond donors (Lipinski definition) is 0. The van der Waals surface area contributed by atoms with E-state index in [2.05, 4.69) is 219 Å². The first kappa shape index (κ1) is 32.8. The minimum atomic E-state index is -0.118. The van der Waals surface area contributed by atoms with Crippen LogP contribution in [-0.2, 0) is 10.8 Å². The molecular formula is C54H42N2. The fourth-order valence-electron chi connectivity index (χ4n) is 10.00. The average molecular weight is 719 g/mol. The molecule has 0 saturated carbocycles. The van der Waals surface area contributed by atoms with Crippen LogP contribution in [0, 0.1) is 0 Å². The van der Waals surface area contributed by atoms with E-state index in [9.17, 15) is 0 Å². The summed E-state index contributed by atoms with van der Waals surface area (Å²) in [5, 5.41) is 2.50. The lowest BCUT2D eigenvalue weighted by molar-refractivity contribution is 0.660. The molecule has 8 aromatic carbocycles. The van der Waals surface area contributed by atoms with Crippen LogP contribution in [0.5, 0.6) is 0 Å². The Morgan fingerprint density at radius 1 is 0.375 bits per heavy atom. The van der Waals surface area contributed by atoms with Crippen molar-refractivity contribution in [2.75, 3.05) is 4.90 Å². The van der Waals surface area contributed by atoms with Crippen molar-refractivity contribution in [2.24, 2.45) is 0 Å². The summed E-state index contributed by atoms with van der Waals surface area (Å²) in [7, 11) is 0. The Morgan fingerprint density at radius 3 is 1.52 bits per heavy atom. The molecule has 2 heteroatoms. The Balaban J connectivity index is 1.13. The van der Waals surface area contributed by atoms with E-state index in [0.29, 0.717) is 0 Å². The highest BCUT2D eigenvalue weighted by Gasteiger charge is 2.38. The van der Waals surface area contributed by atoms with Crippen LogP contribution in [-0.4, -0.2) is 4.57 Å². The predicted octanol–water partition coefficient (Wildman–Crippen LogP) is 14.5. The van der Waals surface area contributed by atoms with Crippen LogP contribution >= 0.6 is 0 Å². The third-order valence-corrected chi connectivity index (χ3v) is 12.8. The number of rotatable bonds is 5. The van der Waals surface area contributed by atoms with Gasteiger partial charge in [0.05, 0.1) is 16.7 Å². The molecule has 2 nitrogen and oxygen atoms in total. The van der Waals surface area contributed by atoms with E-state index in [0.717, 1.165) is 17.1 Å². The number of fused-ring (bicyclic) bond motifs is 9. The zero-order valence-corrected chi connectivity index (χ0v) is 32.2. The molecule has 0 aliphatic heterocycles. The maximum Gasteiger partial charge on any atom is 0.0541 e.